The van der Waals surface area contributed by atoms with Gasteiger partial charge < -0.3 is 0 Å². The van der Waals surface area contributed by atoms with Crippen molar-refractivity contribution in [2.75, 3.05) is 6.26 Å². The van der Waals surface area contributed by atoms with Gasteiger partial charge in [-0.15, -0.1) is 0 Å². The van der Waals surface area contributed by atoms with Crippen molar-refractivity contribution >= 4 is 26.7 Å². The van der Waals surface area contributed by atoms with Crippen LogP contribution in [0.2, 0.25) is 0 Å². The van der Waals surface area contributed by atoms with Gasteiger partial charge in [0, 0.05) is 11.8 Å². The summed E-state index contributed by atoms with van der Waals surface area (Å²) >= 11 is 0. The molecule has 6 heteroatoms. The lowest BCUT2D eigenvalue weighted by Crippen LogP contribution is -2.12. The largest absolute Gasteiger partial charge is 0.292 e. The molecule has 1 aromatic heterocycles. The SMILES string of the molecule is CCC(=O)c1nn(S(C)(=O)=O)c2ccccc12. The Labute approximate surface area is 99.1 Å². The fourth-order valence-electron chi connectivity index (χ4n) is 1.67. The highest BCUT2D eigenvalue weighted by Gasteiger charge is 2.19. The van der Waals surface area contributed by atoms with Crippen LogP contribution in [0, 0.1) is 0 Å². The van der Waals surface area contributed by atoms with E-state index in [9.17, 15) is 13.2 Å². The van der Waals surface area contributed by atoms with Gasteiger partial charge in [-0.25, -0.2) is 8.42 Å². The molecule has 0 amide bonds. The molecule has 1 heterocycles. The Bertz CT molecular complexity index is 686. The molecule has 5 nitrogen and oxygen atoms in total. The Balaban J connectivity index is 2.85. The van der Waals surface area contributed by atoms with E-state index in [0.717, 1.165) is 10.3 Å². The molecule has 0 saturated heterocycles. The molecule has 0 aliphatic heterocycles. The zero-order valence-corrected chi connectivity index (χ0v) is 10.4. The van der Waals surface area contributed by atoms with Crippen LogP contribution in [0.15, 0.2) is 24.3 Å². The second-order valence-electron chi connectivity index (χ2n) is 3.75. The van der Waals surface area contributed by atoms with Gasteiger partial charge in [-0.05, 0) is 6.07 Å². The summed E-state index contributed by atoms with van der Waals surface area (Å²) < 4.78 is 24.0. The van der Waals surface area contributed by atoms with E-state index in [1.54, 1.807) is 31.2 Å². The molecule has 0 radical (unpaired) electrons. The van der Waals surface area contributed by atoms with E-state index in [-0.39, 0.29) is 11.5 Å². The molecule has 0 bridgehead atoms. The van der Waals surface area contributed by atoms with Gasteiger partial charge >= 0.3 is 0 Å². The topological polar surface area (TPSA) is 69.0 Å². The zero-order valence-electron chi connectivity index (χ0n) is 9.54. The van der Waals surface area contributed by atoms with Crippen LogP contribution in [0.3, 0.4) is 0 Å². The fraction of sp³-hybridized carbons (Fsp3) is 0.273. The first-order chi connectivity index (χ1) is 7.95. The van der Waals surface area contributed by atoms with Gasteiger partial charge in [0.05, 0.1) is 11.8 Å². The second-order valence-corrected chi connectivity index (χ2v) is 5.56. The molecular formula is C11H12N2O3S. The quantitative estimate of drug-likeness (QED) is 0.775. The third-order valence-corrected chi connectivity index (χ3v) is 3.36. The van der Waals surface area contributed by atoms with Crippen LogP contribution in [-0.4, -0.2) is 29.6 Å². The van der Waals surface area contributed by atoms with Crippen LogP contribution >= 0.6 is 0 Å². The third-order valence-electron chi connectivity index (χ3n) is 2.46. The minimum absolute atomic E-state index is 0.163. The molecule has 0 fully saturated rings. The van der Waals surface area contributed by atoms with Crippen molar-refractivity contribution in [3.8, 4) is 0 Å². The molecule has 90 valence electrons. The Morgan fingerprint density at radius 2 is 2.00 bits per heavy atom. The van der Waals surface area contributed by atoms with Crippen LogP contribution < -0.4 is 0 Å². The number of rotatable bonds is 3. The molecule has 2 aromatic rings. The number of carbonyl (C=O) groups excluding carboxylic acids is 1. The lowest BCUT2D eigenvalue weighted by molar-refractivity contribution is 0.0984. The van der Waals surface area contributed by atoms with Crippen molar-refractivity contribution < 1.29 is 13.2 Å². The monoisotopic (exact) mass is 252 g/mol. The number of aromatic nitrogens is 2. The number of hydrogen-bond donors (Lipinski definition) is 0. The predicted molar refractivity (Wildman–Crippen MR) is 64.6 cm³/mol. The molecule has 0 aliphatic rings. The smallest absolute Gasteiger partial charge is 0.251 e. The van der Waals surface area contributed by atoms with Crippen LogP contribution in [-0.2, 0) is 10.0 Å². The van der Waals surface area contributed by atoms with Crippen molar-refractivity contribution in [1.29, 1.82) is 0 Å². The molecular weight excluding hydrogens is 240 g/mol. The molecule has 1 aromatic carbocycles. The summed E-state index contributed by atoms with van der Waals surface area (Å²) in [4.78, 5) is 11.7. The van der Waals surface area contributed by atoms with Gasteiger partial charge in [-0.2, -0.15) is 9.19 Å². The van der Waals surface area contributed by atoms with Crippen LogP contribution in [0.25, 0.3) is 10.9 Å². The molecule has 2 rings (SSSR count). The van der Waals surface area contributed by atoms with Crippen molar-refractivity contribution in [1.82, 2.24) is 9.19 Å². The van der Waals surface area contributed by atoms with Crippen molar-refractivity contribution in [2.45, 2.75) is 13.3 Å². The first-order valence-electron chi connectivity index (χ1n) is 5.16. The van der Waals surface area contributed by atoms with Gasteiger partial charge in [0.1, 0.15) is 5.69 Å². The molecule has 0 saturated carbocycles. The minimum atomic E-state index is -3.50. The van der Waals surface area contributed by atoms with Gasteiger partial charge in [-0.3, -0.25) is 4.79 Å². The molecule has 0 atom stereocenters. The van der Waals surface area contributed by atoms with E-state index < -0.39 is 10.0 Å². The first kappa shape index (κ1) is 11.8. The number of hydrogen-bond acceptors (Lipinski definition) is 4. The van der Waals surface area contributed by atoms with E-state index in [2.05, 4.69) is 5.10 Å². The van der Waals surface area contributed by atoms with E-state index in [1.165, 1.54) is 0 Å². The number of para-hydroxylation sites is 1. The summed E-state index contributed by atoms with van der Waals surface area (Å²) in [6.45, 7) is 1.72. The summed E-state index contributed by atoms with van der Waals surface area (Å²) in [6, 6.07) is 6.80. The number of benzene rings is 1. The highest BCUT2D eigenvalue weighted by atomic mass is 32.2. The maximum atomic E-state index is 11.7. The molecule has 0 N–H and O–H groups in total. The Hall–Kier alpha value is -1.69. The fourth-order valence-corrected chi connectivity index (χ4v) is 2.41. The zero-order chi connectivity index (χ0) is 12.6. The Morgan fingerprint density at radius 1 is 1.35 bits per heavy atom. The Kier molecular flexibility index (Phi) is 2.74. The lowest BCUT2D eigenvalue weighted by atomic mass is 10.1. The van der Waals surface area contributed by atoms with Crippen molar-refractivity contribution in [2.24, 2.45) is 0 Å². The normalized spacial score (nSPS) is 11.9. The van der Waals surface area contributed by atoms with Crippen LogP contribution in [0.4, 0.5) is 0 Å². The van der Waals surface area contributed by atoms with E-state index >= 15 is 0 Å². The van der Waals surface area contributed by atoms with Gasteiger partial charge in [0.2, 0.25) is 0 Å². The number of carbonyl (C=O) groups is 1. The molecule has 0 unspecified atom stereocenters. The van der Waals surface area contributed by atoms with E-state index in [0.29, 0.717) is 17.3 Å². The number of Topliss-reactive ketones (excluding diaryl/α,β-unsaturated/α-hetero) is 1. The molecule has 17 heavy (non-hydrogen) atoms. The first-order valence-corrected chi connectivity index (χ1v) is 7.01. The highest BCUT2D eigenvalue weighted by Crippen LogP contribution is 2.20. The van der Waals surface area contributed by atoms with Crippen molar-refractivity contribution in [3.63, 3.8) is 0 Å². The molecule has 0 aliphatic carbocycles. The van der Waals surface area contributed by atoms with Gasteiger partial charge in [-0.1, -0.05) is 25.1 Å². The van der Waals surface area contributed by atoms with Crippen LogP contribution in [0.1, 0.15) is 23.8 Å². The minimum Gasteiger partial charge on any atom is -0.292 e. The summed E-state index contributed by atoms with van der Waals surface area (Å²) in [5.74, 6) is -0.163. The summed E-state index contributed by atoms with van der Waals surface area (Å²) in [7, 11) is -3.50. The van der Waals surface area contributed by atoms with Crippen LogP contribution in [0.5, 0.6) is 0 Å². The average molecular weight is 252 g/mol. The maximum absolute atomic E-state index is 11.7. The van der Waals surface area contributed by atoms with E-state index in [1.807, 2.05) is 0 Å². The average Bonchev–Trinajstić information content (AvgIpc) is 2.67. The highest BCUT2D eigenvalue weighted by molar-refractivity contribution is 7.89. The summed E-state index contributed by atoms with van der Waals surface area (Å²) in [6.07, 6.45) is 1.36. The maximum Gasteiger partial charge on any atom is 0.251 e. The van der Waals surface area contributed by atoms with Gasteiger partial charge in [0.15, 0.2) is 5.78 Å². The summed E-state index contributed by atoms with van der Waals surface area (Å²) in [5, 5.41) is 4.48. The number of fused-ring (bicyclic) bond motifs is 1. The van der Waals surface area contributed by atoms with Crippen molar-refractivity contribution in [3.05, 3.63) is 30.0 Å². The van der Waals surface area contributed by atoms with E-state index in [4.69, 9.17) is 0 Å². The predicted octanol–water partition coefficient (Wildman–Crippen LogP) is 1.44. The number of nitrogens with zero attached hydrogens (tertiary/aromatic N) is 2. The second kappa shape index (κ2) is 3.96. The Morgan fingerprint density at radius 3 is 2.59 bits per heavy atom. The standard InChI is InChI=1S/C11H12N2O3S/c1-3-10(14)11-8-6-4-5-7-9(8)13(12-11)17(2,15)16/h4-7H,3H2,1-2H3. The lowest BCUT2D eigenvalue weighted by Gasteiger charge is -1.97. The molecule has 0 spiro atoms. The summed E-state index contributed by atoms with van der Waals surface area (Å²) in [5.41, 5.74) is 0.653. The third kappa shape index (κ3) is 1.95. The number of ketones is 1. The van der Waals surface area contributed by atoms with Gasteiger partial charge in [0.25, 0.3) is 10.0 Å².